The number of urea groups is 1. The topological polar surface area (TPSA) is 102 Å². The minimum absolute atomic E-state index is 0.304. The van der Waals surface area contributed by atoms with Gasteiger partial charge in [0.05, 0.1) is 6.54 Å². The molecule has 1 atom stereocenters. The summed E-state index contributed by atoms with van der Waals surface area (Å²) in [5.41, 5.74) is 0. The smallest absolute Gasteiger partial charge is 0.334 e. The monoisotopic (exact) mass is 247 g/mol. The number of rotatable bonds is 7. The summed E-state index contributed by atoms with van der Waals surface area (Å²) in [6, 6.07) is -0.0869. The van der Waals surface area contributed by atoms with Crippen LogP contribution >= 0.6 is 0 Å². The van der Waals surface area contributed by atoms with E-state index in [9.17, 15) is 9.59 Å². The van der Waals surface area contributed by atoms with E-state index in [4.69, 9.17) is 10.2 Å². The Kier molecular flexibility index (Phi) is 7.24. The predicted octanol–water partition coefficient (Wildman–Crippen LogP) is -0.929. The second-order valence-corrected chi connectivity index (χ2v) is 4.07. The normalized spacial score (nSPS) is 12.6. The molecule has 0 aliphatic carbocycles. The minimum Gasteiger partial charge on any atom is -0.479 e. The summed E-state index contributed by atoms with van der Waals surface area (Å²) in [7, 11) is 1.94. The van der Waals surface area contributed by atoms with Gasteiger partial charge in [-0.15, -0.1) is 0 Å². The summed E-state index contributed by atoms with van der Waals surface area (Å²) in [5.74, 6) is -1.36. The van der Waals surface area contributed by atoms with Crippen molar-refractivity contribution >= 4 is 12.0 Å². The average Bonchev–Trinajstić information content (AvgIpc) is 2.25. The van der Waals surface area contributed by atoms with Crippen molar-refractivity contribution < 1.29 is 19.8 Å². The number of amides is 2. The van der Waals surface area contributed by atoms with Gasteiger partial charge < -0.3 is 25.7 Å². The summed E-state index contributed by atoms with van der Waals surface area (Å²) >= 11 is 0. The number of aliphatic hydroxyl groups is 1. The lowest BCUT2D eigenvalue weighted by molar-refractivity contribution is -0.146. The lowest BCUT2D eigenvalue weighted by Crippen LogP contribution is -2.44. The Morgan fingerprint density at radius 1 is 1.29 bits per heavy atom. The van der Waals surface area contributed by atoms with Crippen LogP contribution < -0.4 is 10.6 Å². The van der Waals surface area contributed by atoms with Gasteiger partial charge in [0.25, 0.3) is 0 Å². The molecule has 0 aromatic rings. The number of carbonyl (C=O) groups excluding carboxylic acids is 1. The number of carbonyl (C=O) groups is 2. The van der Waals surface area contributed by atoms with Gasteiger partial charge >= 0.3 is 12.0 Å². The van der Waals surface area contributed by atoms with Crippen LogP contribution in [0.5, 0.6) is 0 Å². The highest BCUT2D eigenvalue weighted by Gasteiger charge is 2.13. The predicted molar refractivity (Wildman–Crippen MR) is 62.8 cm³/mol. The maximum Gasteiger partial charge on any atom is 0.334 e. The molecular formula is C10H21N3O4. The highest BCUT2D eigenvalue weighted by molar-refractivity contribution is 5.76. The molecule has 7 heteroatoms. The first-order valence-electron chi connectivity index (χ1n) is 5.47. The van der Waals surface area contributed by atoms with Crippen LogP contribution in [0.3, 0.4) is 0 Å². The number of carboxylic acids is 1. The van der Waals surface area contributed by atoms with Gasteiger partial charge in [-0.25, -0.2) is 9.59 Å². The standard InChI is InChI=1S/C10H21N3O4/c1-7(2)13(3)5-4-11-10(17)12-6-8(14)9(15)16/h7-8,14H,4-6H2,1-3H3,(H,15,16)(H2,11,12,17). The maximum atomic E-state index is 11.2. The number of aliphatic hydroxyl groups excluding tert-OH is 1. The second-order valence-electron chi connectivity index (χ2n) is 4.07. The highest BCUT2D eigenvalue weighted by atomic mass is 16.4. The van der Waals surface area contributed by atoms with E-state index >= 15 is 0 Å². The summed E-state index contributed by atoms with van der Waals surface area (Å²) in [4.78, 5) is 23.5. The third kappa shape index (κ3) is 7.53. The largest absolute Gasteiger partial charge is 0.479 e. The second kappa shape index (κ2) is 7.86. The van der Waals surface area contributed by atoms with E-state index in [0.717, 1.165) is 0 Å². The van der Waals surface area contributed by atoms with E-state index in [0.29, 0.717) is 19.1 Å². The van der Waals surface area contributed by atoms with Crippen LogP contribution in [-0.2, 0) is 4.79 Å². The van der Waals surface area contributed by atoms with Gasteiger partial charge in [0.15, 0.2) is 6.10 Å². The van der Waals surface area contributed by atoms with E-state index in [1.165, 1.54) is 0 Å². The van der Waals surface area contributed by atoms with Crippen molar-refractivity contribution in [3.05, 3.63) is 0 Å². The first-order chi connectivity index (χ1) is 7.84. The summed E-state index contributed by atoms with van der Waals surface area (Å²) < 4.78 is 0. The van der Waals surface area contributed by atoms with Crippen molar-refractivity contribution in [2.24, 2.45) is 0 Å². The summed E-state index contributed by atoms with van der Waals surface area (Å²) in [5, 5.41) is 22.1. The molecule has 1 unspecified atom stereocenters. The molecule has 0 saturated carbocycles. The molecule has 100 valence electrons. The molecule has 2 amide bonds. The lowest BCUT2D eigenvalue weighted by atomic mass is 10.3. The van der Waals surface area contributed by atoms with E-state index in [1.54, 1.807) is 0 Å². The van der Waals surface area contributed by atoms with Crippen molar-refractivity contribution in [3.63, 3.8) is 0 Å². The molecule has 0 aromatic heterocycles. The van der Waals surface area contributed by atoms with Crippen LogP contribution in [0.2, 0.25) is 0 Å². The number of hydrogen-bond acceptors (Lipinski definition) is 4. The Hall–Kier alpha value is -1.34. The first kappa shape index (κ1) is 15.7. The Bertz CT molecular complexity index is 258. The number of nitrogens with one attached hydrogen (secondary N) is 2. The number of likely N-dealkylation sites (N-methyl/N-ethyl adjacent to an activating group) is 1. The van der Waals surface area contributed by atoms with E-state index in [2.05, 4.69) is 15.5 Å². The molecule has 4 N–H and O–H groups in total. The molecule has 0 radical (unpaired) electrons. The third-order valence-electron chi connectivity index (χ3n) is 2.37. The zero-order chi connectivity index (χ0) is 13.4. The van der Waals surface area contributed by atoms with Crippen LogP contribution in [0.15, 0.2) is 0 Å². The fourth-order valence-corrected chi connectivity index (χ4v) is 0.943. The molecule has 0 aliphatic rings. The Labute approximate surface area is 101 Å². The van der Waals surface area contributed by atoms with Gasteiger partial charge in [-0.2, -0.15) is 0 Å². The molecule has 0 fully saturated rings. The van der Waals surface area contributed by atoms with Crippen molar-refractivity contribution in [1.82, 2.24) is 15.5 Å². The van der Waals surface area contributed by atoms with Crippen LogP contribution in [0.4, 0.5) is 4.79 Å². The molecule has 0 bridgehead atoms. The average molecular weight is 247 g/mol. The Morgan fingerprint density at radius 3 is 2.35 bits per heavy atom. The number of aliphatic carboxylic acids is 1. The van der Waals surface area contributed by atoms with Crippen molar-refractivity contribution in [2.45, 2.75) is 26.0 Å². The fraction of sp³-hybridized carbons (Fsp3) is 0.800. The van der Waals surface area contributed by atoms with Crippen molar-refractivity contribution in [2.75, 3.05) is 26.7 Å². The number of carboxylic acid groups (broad SMARTS) is 1. The molecule has 7 nitrogen and oxygen atoms in total. The van der Waals surface area contributed by atoms with Crippen molar-refractivity contribution in [1.29, 1.82) is 0 Å². The molecule has 0 spiro atoms. The lowest BCUT2D eigenvalue weighted by Gasteiger charge is -2.20. The first-order valence-corrected chi connectivity index (χ1v) is 5.47. The van der Waals surface area contributed by atoms with E-state index in [-0.39, 0.29) is 6.54 Å². The molecule has 17 heavy (non-hydrogen) atoms. The molecular weight excluding hydrogens is 226 g/mol. The number of hydrogen-bond donors (Lipinski definition) is 4. The highest BCUT2D eigenvalue weighted by Crippen LogP contribution is 1.90. The van der Waals surface area contributed by atoms with E-state index in [1.807, 2.05) is 20.9 Å². The van der Waals surface area contributed by atoms with Crippen LogP contribution in [0.25, 0.3) is 0 Å². The van der Waals surface area contributed by atoms with Crippen LogP contribution in [0, 0.1) is 0 Å². The van der Waals surface area contributed by atoms with Crippen LogP contribution in [-0.4, -0.2) is 65.9 Å². The maximum absolute atomic E-state index is 11.2. The molecule has 0 heterocycles. The zero-order valence-electron chi connectivity index (χ0n) is 10.4. The van der Waals surface area contributed by atoms with Gasteiger partial charge in [0.2, 0.25) is 0 Å². The van der Waals surface area contributed by atoms with Gasteiger partial charge in [0.1, 0.15) is 0 Å². The summed E-state index contributed by atoms with van der Waals surface area (Å²) in [6.45, 7) is 4.95. The molecule has 0 aromatic carbocycles. The van der Waals surface area contributed by atoms with Gasteiger partial charge in [0, 0.05) is 19.1 Å². The molecule has 0 rings (SSSR count). The zero-order valence-corrected chi connectivity index (χ0v) is 10.4. The summed E-state index contributed by atoms with van der Waals surface area (Å²) in [6.07, 6.45) is -1.57. The molecule has 0 saturated heterocycles. The number of nitrogens with zero attached hydrogens (tertiary/aromatic N) is 1. The van der Waals surface area contributed by atoms with E-state index < -0.39 is 18.1 Å². The quantitative estimate of drug-likeness (QED) is 0.465. The van der Waals surface area contributed by atoms with Crippen LogP contribution in [0.1, 0.15) is 13.8 Å². The van der Waals surface area contributed by atoms with Gasteiger partial charge in [-0.3, -0.25) is 0 Å². The Morgan fingerprint density at radius 2 is 1.88 bits per heavy atom. The van der Waals surface area contributed by atoms with Gasteiger partial charge in [-0.1, -0.05) is 0 Å². The third-order valence-corrected chi connectivity index (χ3v) is 2.37. The SMILES string of the molecule is CC(C)N(C)CCNC(=O)NCC(O)C(=O)O. The van der Waals surface area contributed by atoms with Crippen molar-refractivity contribution in [3.8, 4) is 0 Å². The Balaban J connectivity index is 3.64. The van der Waals surface area contributed by atoms with Gasteiger partial charge in [-0.05, 0) is 20.9 Å². The minimum atomic E-state index is -1.57. The molecule has 0 aliphatic heterocycles. The fourth-order valence-electron chi connectivity index (χ4n) is 0.943.